The molecule has 0 N–H and O–H groups in total. The van der Waals surface area contributed by atoms with Crippen molar-refractivity contribution < 1.29 is 14.3 Å². The standard InChI is InChI=1S/C16H28O3/c1-8-9-16(6,7)11-19-14(18)10-13(12(2)17)15(3,4)5/h8,13H,1,9-11H2,2-7H3/t13-/m1/s1. The third-order valence-electron chi connectivity index (χ3n) is 3.23. The molecule has 110 valence electrons. The number of allylic oxidation sites excluding steroid dienone is 1. The van der Waals surface area contributed by atoms with Gasteiger partial charge in [0.2, 0.25) is 0 Å². The lowest BCUT2D eigenvalue weighted by Gasteiger charge is -2.28. The lowest BCUT2D eigenvalue weighted by atomic mass is 9.76. The fraction of sp³-hybridized carbons (Fsp3) is 0.750. The number of rotatable bonds is 7. The number of ketones is 1. The molecule has 3 nitrogen and oxygen atoms in total. The fourth-order valence-corrected chi connectivity index (χ4v) is 2.01. The van der Waals surface area contributed by atoms with Crippen LogP contribution in [0.1, 0.15) is 54.4 Å². The number of hydrogen-bond donors (Lipinski definition) is 0. The summed E-state index contributed by atoms with van der Waals surface area (Å²) in [5.74, 6) is -0.551. The molecule has 0 aliphatic heterocycles. The molecule has 1 atom stereocenters. The van der Waals surface area contributed by atoms with E-state index in [1.165, 1.54) is 6.92 Å². The number of esters is 1. The molecule has 0 aliphatic carbocycles. The van der Waals surface area contributed by atoms with Crippen LogP contribution < -0.4 is 0 Å². The molecule has 0 spiro atoms. The van der Waals surface area contributed by atoms with E-state index >= 15 is 0 Å². The maximum absolute atomic E-state index is 11.9. The summed E-state index contributed by atoms with van der Waals surface area (Å²) in [5, 5.41) is 0. The molecular formula is C16H28O3. The molecule has 0 aromatic heterocycles. The van der Waals surface area contributed by atoms with Gasteiger partial charge in [-0.25, -0.2) is 0 Å². The van der Waals surface area contributed by atoms with Crippen molar-refractivity contribution in [3.8, 4) is 0 Å². The van der Waals surface area contributed by atoms with E-state index < -0.39 is 0 Å². The molecule has 0 aromatic carbocycles. The van der Waals surface area contributed by atoms with Crippen molar-refractivity contribution in [2.45, 2.75) is 54.4 Å². The van der Waals surface area contributed by atoms with Gasteiger partial charge < -0.3 is 4.74 Å². The molecule has 0 aromatic rings. The maximum atomic E-state index is 11.9. The highest BCUT2D eigenvalue weighted by molar-refractivity contribution is 5.84. The summed E-state index contributed by atoms with van der Waals surface area (Å²) in [6, 6.07) is 0. The Bertz CT molecular complexity index is 334. The highest BCUT2D eigenvalue weighted by Crippen LogP contribution is 2.30. The van der Waals surface area contributed by atoms with Crippen LogP contribution in [0, 0.1) is 16.7 Å². The van der Waals surface area contributed by atoms with Crippen LogP contribution in [0.5, 0.6) is 0 Å². The third kappa shape index (κ3) is 7.14. The van der Waals surface area contributed by atoms with E-state index in [4.69, 9.17) is 4.74 Å². The van der Waals surface area contributed by atoms with E-state index in [9.17, 15) is 9.59 Å². The van der Waals surface area contributed by atoms with Crippen molar-refractivity contribution in [2.24, 2.45) is 16.7 Å². The van der Waals surface area contributed by atoms with E-state index in [2.05, 4.69) is 6.58 Å². The topological polar surface area (TPSA) is 43.4 Å². The molecule has 0 saturated heterocycles. The Hall–Kier alpha value is -1.12. The zero-order valence-electron chi connectivity index (χ0n) is 13.2. The Morgan fingerprint density at radius 1 is 1.21 bits per heavy atom. The summed E-state index contributed by atoms with van der Waals surface area (Å²) in [5.41, 5.74) is -0.327. The first-order valence-corrected chi connectivity index (χ1v) is 6.76. The Morgan fingerprint density at radius 2 is 1.74 bits per heavy atom. The van der Waals surface area contributed by atoms with Crippen molar-refractivity contribution in [1.29, 1.82) is 0 Å². The van der Waals surface area contributed by atoms with Gasteiger partial charge in [0, 0.05) is 11.3 Å². The van der Waals surface area contributed by atoms with Crippen LogP contribution in [-0.4, -0.2) is 18.4 Å². The first kappa shape index (κ1) is 17.9. The zero-order valence-corrected chi connectivity index (χ0v) is 13.2. The minimum Gasteiger partial charge on any atom is -0.465 e. The second-order valence-electron chi connectivity index (χ2n) is 7.05. The van der Waals surface area contributed by atoms with Gasteiger partial charge in [-0.1, -0.05) is 40.7 Å². The normalized spacial score (nSPS) is 13.8. The quantitative estimate of drug-likeness (QED) is 0.521. The van der Waals surface area contributed by atoms with Crippen LogP contribution in [0.15, 0.2) is 12.7 Å². The second kappa shape index (κ2) is 6.88. The van der Waals surface area contributed by atoms with E-state index in [0.717, 1.165) is 6.42 Å². The van der Waals surface area contributed by atoms with Crippen molar-refractivity contribution in [2.75, 3.05) is 6.61 Å². The lowest BCUT2D eigenvalue weighted by molar-refractivity contribution is -0.150. The number of carbonyl (C=O) groups is 2. The Labute approximate surface area is 117 Å². The molecule has 0 amide bonds. The predicted octanol–water partition coefficient (Wildman–Crippen LogP) is 3.77. The maximum Gasteiger partial charge on any atom is 0.306 e. The summed E-state index contributed by atoms with van der Waals surface area (Å²) >= 11 is 0. The number of carbonyl (C=O) groups excluding carboxylic acids is 2. The van der Waals surface area contributed by atoms with Gasteiger partial charge in [0.05, 0.1) is 13.0 Å². The van der Waals surface area contributed by atoms with Gasteiger partial charge in [0.15, 0.2) is 0 Å². The Balaban J connectivity index is 4.45. The molecule has 0 aliphatic rings. The van der Waals surface area contributed by atoms with E-state index in [-0.39, 0.29) is 34.9 Å². The van der Waals surface area contributed by atoms with Gasteiger partial charge in [0.25, 0.3) is 0 Å². The highest BCUT2D eigenvalue weighted by atomic mass is 16.5. The van der Waals surface area contributed by atoms with Crippen molar-refractivity contribution in [3.05, 3.63) is 12.7 Å². The minimum absolute atomic E-state index is 0.0369. The zero-order chi connectivity index (χ0) is 15.3. The summed E-state index contributed by atoms with van der Waals surface area (Å²) in [6.45, 7) is 15.5. The van der Waals surface area contributed by atoms with Crippen molar-refractivity contribution in [1.82, 2.24) is 0 Å². The summed E-state index contributed by atoms with van der Waals surface area (Å²) < 4.78 is 5.30. The summed E-state index contributed by atoms with van der Waals surface area (Å²) in [4.78, 5) is 23.5. The van der Waals surface area contributed by atoms with Gasteiger partial charge in [-0.2, -0.15) is 0 Å². The van der Waals surface area contributed by atoms with Crippen LogP contribution in [0.3, 0.4) is 0 Å². The molecule has 0 rings (SSSR count). The van der Waals surface area contributed by atoms with Crippen molar-refractivity contribution in [3.63, 3.8) is 0 Å². The molecule has 0 fully saturated rings. The minimum atomic E-state index is -0.299. The molecule has 3 heteroatoms. The molecule has 0 radical (unpaired) electrons. The molecule has 0 bridgehead atoms. The SMILES string of the molecule is C=CCC(C)(C)COC(=O)C[C@H](C(C)=O)C(C)(C)C. The smallest absolute Gasteiger partial charge is 0.306 e. The lowest BCUT2D eigenvalue weighted by Crippen LogP contribution is -2.31. The van der Waals surface area contributed by atoms with Gasteiger partial charge in [-0.3, -0.25) is 9.59 Å². The fourth-order valence-electron chi connectivity index (χ4n) is 2.01. The highest BCUT2D eigenvalue weighted by Gasteiger charge is 2.31. The van der Waals surface area contributed by atoms with Crippen LogP contribution in [0.4, 0.5) is 0 Å². The third-order valence-corrected chi connectivity index (χ3v) is 3.23. The Morgan fingerprint density at radius 3 is 2.11 bits per heavy atom. The summed E-state index contributed by atoms with van der Waals surface area (Å²) in [6.07, 6.45) is 2.76. The molecule has 0 saturated carbocycles. The van der Waals surface area contributed by atoms with E-state index in [0.29, 0.717) is 6.61 Å². The first-order chi connectivity index (χ1) is 8.49. The predicted molar refractivity (Wildman–Crippen MR) is 77.8 cm³/mol. The largest absolute Gasteiger partial charge is 0.465 e. The molecule has 0 unspecified atom stereocenters. The molecular weight excluding hydrogens is 240 g/mol. The molecule has 19 heavy (non-hydrogen) atoms. The summed E-state index contributed by atoms with van der Waals surface area (Å²) in [7, 11) is 0. The average molecular weight is 268 g/mol. The van der Waals surface area contributed by atoms with Crippen LogP contribution >= 0.6 is 0 Å². The number of hydrogen-bond acceptors (Lipinski definition) is 3. The Kier molecular flexibility index (Phi) is 6.47. The van der Waals surface area contributed by atoms with E-state index in [1.54, 1.807) is 0 Å². The van der Waals surface area contributed by atoms with Gasteiger partial charge in [0.1, 0.15) is 5.78 Å². The van der Waals surface area contributed by atoms with Crippen LogP contribution in [-0.2, 0) is 14.3 Å². The van der Waals surface area contributed by atoms with Crippen LogP contribution in [0.2, 0.25) is 0 Å². The first-order valence-electron chi connectivity index (χ1n) is 6.76. The van der Waals surface area contributed by atoms with Gasteiger partial charge >= 0.3 is 5.97 Å². The number of ether oxygens (including phenoxy) is 1. The van der Waals surface area contributed by atoms with E-state index in [1.807, 2.05) is 40.7 Å². The van der Waals surface area contributed by atoms with Gasteiger partial charge in [-0.15, -0.1) is 6.58 Å². The number of Topliss-reactive ketones (excluding diaryl/α,β-unsaturated/α-hetero) is 1. The monoisotopic (exact) mass is 268 g/mol. The second-order valence-corrected chi connectivity index (χ2v) is 7.05. The van der Waals surface area contributed by atoms with Crippen molar-refractivity contribution >= 4 is 11.8 Å². The van der Waals surface area contributed by atoms with Crippen LogP contribution in [0.25, 0.3) is 0 Å². The van der Waals surface area contributed by atoms with Gasteiger partial charge in [-0.05, 0) is 18.8 Å². The average Bonchev–Trinajstić information content (AvgIpc) is 2.21. The molecule has 0 heterocycles.